The van der Waals surface area contributed by atoms with Gasteiger partial charge in [0.2, 0.25) is 0 Å². The highest BCUT2D eigenvalue weighted by molar-refractivity contribution is 5.95. The van der Waals surface area contributed by atoms with E-state index in [1.807, 2.05) is 23.1 Å². The van der Waals surface area contributed by atoms with Gasteiger partial charge in [-0.25, -0.2) is 4.98 Å². The molecule has 0 unspecified atom stereocenters. The molecule has 0 bridgehead atoms. The minimum Gasteiger partial charge on any atom is -0.340 e. The van der Waals surface area contributed by atoms with Gasteiger partial charge in [-0.3, -0.25) is 4.79 Å². The summed E-state index contributed by atoms with van der Waals surface area (Å²) in [5, 5.41) is 3.27. The molecule has 0 fully saturated rings. The monoisotopic (exact) mass is 325 g/mol. The van der Waals surface area contributed by atoms with Crippen LogP contribution in [0.4, 0.5) is 11.5 Å². The number of pyridine rings is 1. The van der Waals surface area contributed by atoms with Crippen molar-refractivity contribution in [3.05, 3.63) is 53.7 Å². The van der Waals surface area contributed by atoms with Crippen LogP contribution in [0.3, 0.4) is 0 Å². The van der Waals surface area contributed by atoms with Crippen molar-refractivity contribution in [2.24, 2.45) is 0 Å². The van der Waals surface area contributed by atoms with E-state index >= 15 is 0 Å². The fraction of sp³-hybridized carbons (Fsp3) is 0.400. The lowest BCUT2D eigenvalue weighted by atomic mass is 10.1. The topological polar surface area (TPSA) is 45.2 Å². The van der Waals surface area contributed by atoms with Gasteiger partial charge in [0.05, 0.1) is 0 Å². The molecule has 0 aliphatic carbocycles. The number of aromatic nitrogens is 1. The fourth-order valence-corrected chi connectivity index (χ4v) is 2.64. The molecular weight excluding hydrogens is 298 g/mol. The summed E-state index contributed by atoms with van der Waals surface area (Å²) in [5.41, 5.74) is 2.95. The number of hydrogen-bond acceptors (Lipinski definition) is 3. The van der Waals surface area contributed by atoms with Crippen molar-refractivity contribution in [1.82, 2.24) is 9.88 Å². The van der Waals surface area contributed by atoms with Crippen molar-refractivity contribution in [2.75, 3.05) is 18.4 Å². The molecule has 0 radical (unpaired) electrons. The molecule has 1 amide bonds. The standard InChI is InChI=1S/C20H27N3O/c1-4-13-23(14-5-2)20(24)17-11-12-21-19(15-17)22-18-9-7-16(6-3)8-10-18/h7-12,15H,4-6,13-14H2,1-3H3,(H,21,22). The first kappa shape index (κ1) is 18.0. The van der Waals surface area contributed by atoms with E-state index in [0.717, 1.165) is 38.0 Å². The average molecular weight is 325 g/mol. The molecule has 0 atom stereocenters. The van der Waals surface area contributed by atoms with E-state index < -0.39 is 0 Å². The molecule has 1 aromatic heterocycles. The highest BCUT2D eigenvalue weighted by Crippen LogP contribution is 2.17. The number of rotatable bonds is 8. The quantitative estimate of drug-likeness (QED) is 0.768. The first-order valence-corrected chi connectivity index (χ1v) is 8.79. The smallest absolute Gasteiger partial charge is 0.254 e. The highest BCUT2D eigenvalue weighted by Gasteiger charge is 2.14. The van der Waals surface area contributed by atoms with E-state index in [1.54, 1.807) is 12.3 Å². The molecule has 1 aromatic carbocycles. The van der Waals surface area contributed by atoms with E-state index in [1.165, 1.54) is 5.56 Å². The van der Waals surface area contributed by atoms with Crippen LogP contribution in [0.15, 0.2) is 42.6 Å². The maximum atomic E-state index is 12.7. The highest BCUT2D eigenvalue weighted by atomic mass is 16.2. The average Bonchev–Trinajstić information content (AvgIpc) is 2.62. The van der Waals surface area contributed by atoms with Crippen molar-refractivity contribution < 1.29 is 4.79 Å². The van der Waals surface area contributed by atoms with Crippen LogP contribution in [0.2, 0.25) is 0 Å². The minimum atomic E-state index is 0.0745. The Balaban J connectivity index is 2.13. The summed E-state index contributed by atoms with van der Waals surface area (Å²) in [5.74, 6) is 0.767. The summed E-state index contributed by atoms with van der Waals surface area (Å²) >= 11 is 0. The van der Waals surface area contributed by atoms with Crippen molar-refractivity contribution in [2.45, 2.75) is 40.0 Å². The SMILES string of the molecule is CCCN(CCC)C(=O)c1ccnc(Nc2ccc(CC)cc2)c1. The van der Waals surface area contributed by atoms with E-state index in [-0.39, 0.29) is 5.91 Å². The first-order chi connectivity index (χ1) is 11.7. The van der Waals surface area contributed by atoms with Gasteiger partial charge in [-0.1, -0.05) is 32.9 Å². The van der Waals surface area contributed by atoms with E-state index in [0.29, 0.717) is 11.4 Å². The lowest BCUT2D eigenvalue weighted by Gasteiger charge is -2.21. The Morgan fingerprint density at radius 3 is 2.29 bits per heavy atom. The van der Waals surface area contributed by atoms with Gasteiger partial charge < -0.3 is 10.2 Å². The second-order valence-electron chi connectivity index (χ2n) is 5.90. The molecule has 4 nitrogen and oxygen atoms in total. The van der Waals surface area contributed by atoms with Gasteiger partial charge in [-0.15, -0.1) is 0 Å². The number of aryl methyl sites for hydroxylation is 1. The third-order valence-corrected chi connectivity index (χ3v) is 3.92. The second kappa shape index (κ2) is 9.06. The van der Waals surface area contributed by atoms with Gasteiger partial charge in [-0.05, 0) is 49.1 Å². The molecule has 2 aromatic rings. The summed E-state index contributed by atoms with van der Waals surface area (Å²) in [6.07, 6.45) is 4.64. The molecule has 0 saturated carbocycles. The van der Waals surface area contributed by atoms with Crippen molar-refractivity contribution >= 4 is 17.4 Å². The largest absolute Gasteiger partial charge is 0.340 e. The van der Waals surface area contributed by atoms with Crippen LogP contribution in [0.1, 0.15) is 49.5 Å². The molecule has 1 heterocycles. The van der Waals surface area contributed by atoms with Crippen LogP contribution in [0.5, 0.6) is 0 Å². The molecule has 0 aliphatic rings. The number of benzene rings is 1. The second-order valence-corrected chi connectivity index (χ2v) is 5.90. The molecule has 4 heteroatoms. The lowest BCUT2D eigenvalue weighted by molar-refractivity contribution is 0.0755. The van der Waals surface area contributed by atoms with Crippen LogP contribution < -0.4 is 5.32 Å². The van der Waals surface area contributed by atoms with Gasteiger partial charge in [0.15, 0.2) is 0 Å². The van der Waals surface area contributed by atoms with Gasteiger partial charge >= 0.3 is 0 Å². The van der Waals surface area contributed by atoms with Crippen molar-refractivity contribution in [3.8, 4) is 0 Å². The zero-order chi connectivity index (χ0) is 17.4. The molecule has 2 rings (SSSR count). The van der Waals surface area contributed by atoms with Crippen LogP contribution in [-0.2, 0) is 6.42 Å². The van der Waals surface area contributed by atoms with Crippen LogP contribution in [0.25, 0.3) is 0 Å². The van der Waals surface area contributed by atoms with Gasteiger partial charge in [0, 0.05) is 30.5 Å². The first-order valence-electron chi connectivity index (χ1n) is 8.79. The van der Waals surface area contributed by atoms with E-state index in [4.69, 9.17) is 0 Å². The van der Waals surface area contributed by atoms with Gasteiger partial charge in [-0.2, -0.15) is 0 Å². The number of anilines is 2. The summed E-state index contributed by atoms with van der Waals surface area (Å²) in [6.45, 7) is 7.90. The molecule has 1 N–H and O–H groups in total. The molecular formula is C20H27N3O. The van der Waals surface area contributed by atoms with Crippen LogP contribution in [0, 0.1) is 0 Å². The van der Waals surface area contributed by atoms with Crippen LogP contribution in [-0.4, -0.2) is 28.9 Å². The number of amides is 1. The Morgan fingerprint density at radius 1 is 1.04 bits per heavy atom. The zero-order valence-electron chi connectivity index (χ0n) is 14.9. The Kier molecular flexibility index (Phi) is 6.79. The third-order valence-electron chi connectivity index (χ3n) is 3.92. The summed E-state index contributed by atoms with van der Waals surface area (Å²) < 4.78 is 0. The molecule has 0 spiro atoms. The molecule has 0 aliphatic heterocycles. The number of hydrogen-bond donors (Lipinski definition) is 1. The van der Waals surface area contributed by atoms with Crippen LogP contribution >= 0.6 is 0 Å². The summed E-state index contributed by atoms with van der Waals surface area (Å²) in [7, 11) is 0. The minimum absolute atomic E-state index is 0.0745. The number of carbonyl (C=O) groups excluding carboxylic acids is 1. The Labute approximate surface area is 144 Å². The molecule has 0 saturated heterocycles. The lowest BCUT2D eigenvalue weighted by Crippen LogP contribution is -2.32. The predicted octanol–water partition coefficient (Wildman–Crippen LogP) is 4.65. The number of nitrogens with zero attached hydrogens (tertiary/aromatic N) is 2. The van der Waals surface area contributed by atoms with Crippen molar-refractivity contribution in [1.29, 1.82) is 0 Å². The van der Waals surface area contributed by atoms with E-state index in [9.17, 15) is 4.79 Å². The molecule has 24 heavy (non-hydrogen) atoms. The fourth-order valence-electron chi connectivity index (χ4n) is 2.64. The van der Waals surface area contributed by atoms with Crippen molar-refractivity contribution in [3.63, 3.8) is 0 Å². The van der Waals surface area contributed by atoms with Gasteiger partial charge in [0.25, 0.3) is 5.91 Å². The van der Waals surface area contributed by atoms with Gasteiger partial charge in [0.1, 0.15) is 5.82 Å². The third kappa shape index (κ3) is 4.82. The summed E-state index contributed by atoms with van der Waals surface area (Å²) in [4.78, 5) is 18.9. The normalized spacial score (nSPS) is 10.5. The Morgan fingerprint density at radius 2 is 1.71 bits per heavy atom. The maximum absolute atomic E-state index is 12.7. The molecule has 128 valence electrons. The maximum Gasteiger partial charge on any atom is 0.254 e. The predicted molar refractivity (Wildman–Crippen MR) is 99.8 cm³/mol. The van der Waals surface area contributed by atoms with E-state index in [2.05, 4.69) is 43.2 Å². The Hall–Kier alpha value is -2.36. The zero-order valence-corrected chi connectivity index (χ0v) is 14.9. The Bertz CT molecular complexity index is 646. The summed E-state index contributed by atoms with van der Waals surface area (Å²) in [6, 6.07) is 11.9. The number of carbonyl (C=O) groups is 1. The number of nitrogens with one attached hydrogen (secondary N) is 1.